The number of rotatable bonds is 5. The molecule has 0 atom stereocenters. The molecular weight excluding hydrogens is 272 g/mol. The van der Waals surface area contributed by atoms with Crippen LogP contribution in [0.1, 0.15) is 28.0 Å². The molecule has 0 unspecified atom stereocenters. The van der Waals surface area contributed by atoms with Gasteiger partial charge in [0.05, 0.1) is 23.4 Å². The molecule has 0 aliphatic heterocycles. The average Bonchev–Trinajstić information content (AvgIpc) is 2.89. The van der Waals surface area contributed by atoms with Gasteiger partial charge in [0.25, 0.3) is 0 Å². The zero-order valence-corrected chi connectivity index (χ0v) is 12.3. The number of carbonyl (C=O) groups is 2. The molecule has 0 aliphatic rings. The van der Waals surface area contributed by atoms with Crippen LogP contribution in [-0.4, -0.2) is 31.3 Å². The molecule has 6 heteroatoms. The molecule has 0 fully saturated rings. The van der Waals surface area contributed by atoms with Gasteiger partial charge < -0.3 is 19.3 Å². The molecule has 2 heterocycles. The third-order valence-electron chi connectivity index (χ3n) is 3.73. The zero-order valence-electron chi connectivity index (χ0n) is 12.3. The van der Waals surface area contributed by atoms with Crippen molar-refractivity contribution in [2.75, 3.05) is 0 Å². The fourth-order valence-corrected chi connectivity index (χ4v) is 2.76. The van der Waals surface area contributed by atoms with E-state index in [0.29, 0.717) is 11.3 Å². The summed E-state index contributed by atoms with van der Waals surface area (Å²) in [5.41, 5.74) is 3.11. The maximum atomic E-state index is 11.5. The van der Waals surface area contributed by atoms with Gasteiger partial charge in [0.1, 0.15) is 0 Å². The second-order valence-electron chi connectivity index (χ2n) is 5.06. The normalized spacial score (nSPS) is 10.8. The lowest BCUT2D eigenvalue weighted by molar-refractivity contribution is -0.137. The topological polar surface area (TPSA) is 84.5 Å². The Morgan fingerprint density at radius 3 is 2.38 bits per heavy atom. The minimum absolute atomic E-state index is 0.0931. The van der Waals surface area contributed by atoms with Crippen molar-refractivity contribution in [1.82, 2.24) is 9.13 Å². The third-order valence-corrected chi connectivity index (χ3v) is 3.73. The standard InChI is InChI=1S/C15H18N2O4/c1-9-13(15(20)21)10(6-7-12(18)19)17(3)14(9)11-5-4-8-16(11)2/h4-5,8H,6-7H2,1-3H3,(H,18,19)(H,20,21). The summed E-state index contributed by atoms with van der Waals surface area (Å²) >= 11 is 0. The smallest absolute Gasteiger partial charge is 0.337 e. The number of aromatic carboxylic acids is 1. The number of aromatic nitrogens is 2. The van der Waals surface area contributed by atoms with Crippen LogP contribution < -0.4 is 0 Å². The Labute approximate surface area is 122 Å². The predicted molar refractivity (Wildman–Crippen MR) is 77.5 cm³/mol. The highest BCUT2D eigenvalue weighted by atomic mass is 16.4. The Kier molecular flexibility index (Phi) is 3.88. The van der Waals surface area contributed by atoms with E-state index in [0.717, 1.165) is 11.4 Å². The van der Waals surface area contributed by atoms with Crippen LogP contribution in [0, 0.1) is 6.92 Å². The summed E-state index contributed by atoms with van der Waals surface area (Å²) in [6, 6.07) is 3.80. The first-order valence-corrected chi connectivity index (χ1v) is 6.59. The van der Waals surface area contributed by atoms with E-state index >= 15 is 0 Å². The van der Waals surface area contributed by atoms with Gasteiger partial charge in [-0.15, -0.1) is 0 Å². The maximum absolute atomic E-state index is 11.5. The van der Waals surface area contributed by atoms with E-state index in [1.807, 2.05) is 29.9 Å². The van der Waals surface area contributed by atoms with Crippen LogP contribution in [-0.2, 0) is 25.3 Å². The van der Waals surface area contributed by atoms with Crippen molar-refractivity contribution >= 4 is 11.9 Å². The molecule has 0 saturated carbocycles. The van der Waals surface area contributed by atoms with Crippen LogP contribution in [0.4, 0.5) is 0 Å². The molecule has 2 N–H and O–H groups in total. The van der Waals surface area contributed by atoms with E-state index < -0.39 is 11.9 Å². The Morgan fingerprint density at radius 1 is 1.24 bits per heavy atom. The molecule has 2 aromatic rings. The van der Waals surface area contributed by atoms with Crippen molar-refractivity contribution in [1.29, 1.82) is 0 Å². The fraction of sp³-hybridized carbons (Fsp3) is 0.333. The molecule has 0 aromatic carbocycles. The Morgan fingerprint density at radius 2 is 1.90 bits per heavy atom. The number of nitrogens with zero attached hydrogens (tertiary/aromatic N) is 2. The van der Waals surface area contributed by atoms with Crippen molar-refractivity contribution in [2.45, 2.75) is 19.8 Å². The first-order chi connectivity index (χ1) is 9.84. The van der Waals surface area contributed by atoms with Crippen molar-refractivity contribution in [3.8, 4) is 11.4 Å². The van der Waals surface area contributed by atoms with E-state index in [1.54, 1.807) is 18.5 Å². The highest BCUT2D eigenvalue weighted by Gasteiger charge is 2.24. The number of hydrogen-bond acceptors (Lipinski definition) is 2. The molecule has 0 saturated heterocycles. The minimum atomic E-state index is -1.02. The highest BCUT2D eigenvalue weighted by Crippen LogP contribution is 2.31. The number of carboxylic acids is 2. The summed E-state index contributed by atoms with van der Waals surface area (Å²) in [5, 5.41) is 18.3. The molecule has 2 rings (SSSR count). The van der Waals surface area contributed by atoms with Gasteiger partial charge in [-0.3, -0.25) is 4.79 Å². The first-order valence-electron chi connectivity index (χ1n) is 6.59. The summed E-state index contributed by atoms with van der Waals surface area (Å²) in [6.45, 7) is 1.76. The minimum Gasteiger partial charge on any atom is -0.481 e. The summed E-state index contributed by atoms with van der Waals surface area (Å²) in [4.78, 5) is 22.3. The summed E-state index contributed by atoms with van der Waals surface area (Å²) in [7, 11) is 3.66. The third kappa shape index (κ3) is 2.56. The number of carboxylic acid groups (broad SMARTS) is 2. The summed E-state index contributed by atoms with van der Waals surface area (Å²) in [6.07, 6.45) is 1.99. The molecule has 0 amide bonds. The molecule has 0 aliphatic carbocycles. The number of aliphatic carboxylic acids is 1. The SMILES string of the molecule is Cc1c(C(=O)O)c(CCC(=O)O)n(C)c1-c1cccn1C. The van der Waals surface area contributed by atoms with Crippen LogP contribution in [0.5, 0.6) is 0 Å². The quantitative estimate of drug-likeness (QED) is 0.882. The van der Waals surface area contributed by atoms with Gasteiger partial charge in [0.2, 0.25) is 0 Å². The Bertz CT molecular complexity index is 710. The average molecular weight is 290 g/mol. The second kappa shape index (κ2) is 5.47. The van der Waals surface area contributed by atoms with Gasteiger partial charge in [-0.1, -0.05) is 0 Å². The van der Waals surface area contributed by atoms with Crippen LogP contribution in [0.3, 0.4) is 0 Å². The first kappa shape index (κ1) is 14.9. The van der Waals surface area contributed by atoms with E-state index in [9.17, 15) is 14.7 Å². The van der Waals surface area contributed by atoms with Crippen LogP contribution in [0.2, 0.25) is 0 Å². The summed E-state index contributed by atoms with van der Waals surface area (Å²) in [5.74, 6) is -1.96. The van der Waals surface area contributed by atoms with E-state index in [1.165, 1.54) is 0 Å². The molecule has 2 aromatic heterocycles. The molecule has 6 nitrogen and oxygen atoms in total. The predicted octanol–water partition coefficient (Wildman–Crippen LogP) is 2.05. The fourth-order valence-electron chi connectivity index (χ4n) is 2.76. The van der Waals surface area contributed by atoms with Gasteiger partial charge in [-0.2, -0.15) is 0 Å². The lowest BCUT2D eigenvalue weighted by Crippen LogP contribution is -2.08. The molecule has 0 radical (unpaired) electrons. The molecule has 21 heavy (non-hydrogen) atoms. The van der Waals surface area contributed by atoms with Crippen molar-refractivity contribution in [3.63, 3.8) is 0 Å². The monoisotopic (exact) mass is 290 g/mol. The van der Waals surface area contributed by atoms with Crippen LogP contribution >= 0.6 is 0 Å². The van der Waals surface area contributed by atoms with Crippen molar-refractivity contribution < 1.29 is 19.8 Å². The zero-order chi connectivity index (χ0) is 15.7. The van der Waals surface area contributed by atoms with E-state index in [-0.39, 0.29) is 18.4 Å². The lowest BCUT2D eigenvalue weighted by Gasteiger charge is -2.09. The maximum Gasteiger partial charge on any atom is 0.337 e. The lowest BCUT2D eigenvalue weighted by atomic mass is 10.1. The highest BCUT2D eigenvalue weighted by molar-refractivity contribution is 5.93. The van der Waals surface area contributed by atoms with Gasteiger partial charge in [-0.25, -0.2) is 4.79 Å². The van der Waals surface area contributed by atoms with Crippen LogP contribution in [0.15, 0.2) is 18.3 Å². The van der Waals surface area contributed by atoms with Crippen molar-refractivity contribution in [3.05, 3.63) is 35.2 Å². The molecule has 0 spiro atoms. The number of hydrogen-bond donors (Lipinski definition) is 2. The summed E-state index contributed by atoms with van der Waals surface area (Å²) < 4.78 is 3.70. The van der Waals surface area contributed by atoms with E-state index in [4.69, 9.17) is 5.11 Å². The molecular formula is C15H18N2O4. The van der Waals surface area contributed by atoms with Crippen molar-refractivity contribution in [2.24, 2.45) is 14.1 Å². The largest absolute Gasteiger partial charge is 0.481 e. The van der Waals surface area contributed by atoms with Gasteiger partial charge in [0, 0.05) is 26.0 Å². The Balaban J connectivity index is 2.63. The van der Waals surface area contributed by atoms with Crippen LogP contribution in [0.25, 0.3) is 11.4 Å². The Hall–Kier alpha value is -2.50. The molecule has 0 bridgehead atoms. The van der Waals surface area contributed by atoms with Gasteiger partial charge in [0.15, 0.2) is 0 Å². The van der Waals surface area contributed by atoms with E-state index in [2.05, 4.69) is 0 Å². The van der Waals surface area contributed by atoms with Gasteiger partial charge in [-0.05, 0) is 31.0 Å². The number of aryl methyl sites for hydroxylation is 1. The van der Waals surface area contributed by atoms with Gasteiger partial charge >= 0.3 is 11.9 Å². The molecule has 112 valence electrons. The second-order valence-corrected chi connectivity index (χ2v) is 5.06.